The highest BCUT2D eigenvalue weighted by molar-refractivity contribution is 5.82. The van der Waals surface area contributed by atoms with Gasteiger partial charge in [0.25, 0.3) is 0 Å². The first-order valence-electron chi connectivity index (χ1n) is 15.5. The predicted molar refractivity (Wildman–Crippen MR) is 169 cm³/mol. The smallest absolute Gasteiger partial charge is 0.410 e. The van der Waals surface area contributed by atoms with Crippen LogP contribution in [0.4, 0.5) is 9.59 Å². The standard InChI is InChI=1S/C34H42N6O4/c1-33(2,3)43-31(41)39-17-15-24(20-39)29-36-25-14-13-23(18-26(25)37-29)21-9-11-22(12-10-21)27-19-35-30(38-27)28-8-7-16-40(28)32(42)44-34(4,5)6/h9-14,18-19,24,28H,7-8,15-17,20H2,1-6H3,(H,35,38)(H,36,37)/t24?,28-/m0/s1. The number of H-pyrrole nitrogens is 2. The number of imidazole rings is 2. The van der Waals surface area contributed by atoms with Crippen LogP contribution < -0.4 is 0 Å². The van der Waals surface area contributed by atoms with Crippen molar-refractivity contribution in [1.29, 1.82) is 0 Å². The molecule has 0 radical (unpaired) electrons. The number of rotatable bonds is 4. The Balaban J connectivity index is 1.13. The summed E-state index contributed by atoms with van der Waals surface area (Å²) < 4.78 is 11.2. The number of hydrogen-bond acceptors (Lipinski definition) is 6. The van der Waals surface area contributed by atoms with Crippen LogP contribution in [0.3, 0.4) is 0 Å². The van der Waals surface area contributed by atoms with Gasteiger partial charge in [-0.15, -0.1) is 0 Å². The molecule has 1 unspecified atom stereocenters. The molecule has 4 aromatic rings. The largest absolute Gasteiger partial charge is 0.444 e. The molecule has 2 aromatic carbocycles. The molecule has 2 aliphatic heterocycles. The van der Waals surface area contributed by atoms with Gasteiger partial charge < -0.3 is 24.3 Å². The summed E-state index contributed by atoms with van der Waals surface area (Å²) in [6.45, 7) is 13.2. The number of ether oxygens (including phenoxy) is 2. The summed E-state index contributed by atoms with van der Waals surface area (Å²) in [5.41, 5.74) is 4.95. The Bertz CT molecular complexity index is 1660. The van der Waals surface area contributed by atoms with E-state index in [4.69, 9.17) is 14.5 Å². The van der Waals surface area contributed by atoms with Crippen LogP contribution in [0.25, 0.3) is 33.4 Å². The number of hydrogen-bond donors (Lipinski definition) is 2. The second-order valence-corrected chi connectivity index (χ2v) is 13.9. The fourth-order valence-corrected chi connectivity index (χ4v) is 5.96. The Hall–Kier alpha value is -4.34. The van der Waals surface area contributed by atoms with Gasteiger partial charge in [-0.3, -0.25) is 4.90 Å². The summed E-state index contributed by atoms with van der Waals surface area (Å²) in [5.74, 6) is 1.84. The van der Waals surface area contributed by atoms with Gasteiger partial charge >= 0.3 is 12.2 Å². The molecule has 10 nitrogen and oxygen atoms in total. The van der Waals surface area contributed by atoms with Crippen molar-refractivity contribution >= 4 is 23.2 Å². The molecule has 0 aliphatic carbocycles. The second kappa shape index (κ2) is 11.3. The molecular weight excluding hydrogens is 556 g/mol. The van der Waals surface area contributed by atoms with Crippen molar-refractivity contribution in [3.8, 4) is 22.4 Å². The summed E-state index contributed by atoms with van der Waals surface area (Å²) in [6.07, 6.45) is 3.89. The molecule has 2 N–H and O–H groups in total. The molecule has 232 valence electrons. The van der Waals surface area contributed by atoms with Gasteiger partial charge in [0.05, 0.1) is 29.0 Å². The molecule has 0 spiro atoms. The van der Waals surface area contributed by atoms with E-state index in [1.165, 1.54) is 0 Å². The highest BCUT2D eigenvalue weighted by Crippen LogP contribution is 2.34. The van der Waals surface area contributed by atoms with Crippen molar-refractivity contribution in [3.05, 3.63) is 60.3 Å². The Morgan fingerprint density at radius 2 is 1.50 bits per heavy atom. The van der Waals surface area contributed by atoms with Crippen molar-refractivity contribution < 1.29 is 19.1 Å². The van der Waals surface area contributed by atoms with E-state index in [1.807, 2.05) is 53.8 Å². The Kier molecular flexibility index (Phi) is 7.63. The van der Waals surface area contributed by atoms with Gasteiger partial charge in [-0.2, -0.15) is 0 Å². The van der Waals surface area contributed by atoms with E-state index >= 15 is 0 Å². The lowest BCUT2D eigenvalue weighted by Crippen LogP contribution is -2.36. The van der Waals surface area contributed by atoms with Gasteiger partial charge in [0, 0.05) is 25.6 Å². The fraction of sp³-hybridized carbons (Fsp3) is 0.471. The van der Waals surface area contributed by atoms with Gasteiger partial charge in [0.1, 0.15) is 22.9 Å². The molecule has 4 heterocycles. The zero-order chi connectivity index (χ0) is 31.2. The van der Waals surface area contributed by atoms with E-state index in [1.54, 1.807) is 9.80 Å². The second-order valence-electron chi connectivity index (χ2n) is 13.9. The van der Waals surface area contributed by atoms with Crippen LogP contribution in [0, 0.1) is 0 Å². The first-order chi connectivity index (χ1) is 20.8. The maximum Gasteiger partial charge on any atom is 0.410 e. The molecule has 2 aromatic heterocycles. The van der Waals surface area contributed by atoms with E-state index < -0.39 is 11.2 Å². The summed E-state index contributed by atoms with van der Waals surface area (Å²) in [6, 6.07) is 14.5. The number of aromatic nitrogens is 4. The summed E-state index contributed by atoms with van der Waals surface area (Å²) >= 11 is 0. The van der Waals surface area contributed by atoms with Gasteiger partial charge in [-0.05, 0) is 89.6 Å². The first-order valence-corrected chi connectivity index (χ1v) is 15.5. The number of fused-ring (bicyclic) bond motifs is 1. The maximum atomic E-state index is 12.8. The molecular formula is C34H42N6O4. The van der Waals surface area contributed by atoms with Crippen molar-refractivity contribution in [3.63, 3.8) is 0 Å². The molecule has 0 bridgehead atoms. The molecule has 6 rings (SSSR count). The number of amides is 2. The fourth-order valence-electron chi connectivity index (χ4n) is 5.96. The quantitative estimate of drug-likeness (QED) is 0.253. The highest BCUT2D eigenvalue weighted by atomic mass is 16.6. The van der Waals surface area contributed by atoms with Crippen LogP contribution in [-0.4, -0.2) is 72.8 Å². The number of aromatic amines is 2. The van der Waals surface area contributed by atoms with Gasteiger partial charge in [0.2, 0.25) is 0 Å². The molecule has 2 fully saturated rings. The highest BCUT2D eigenvalue weighted by Gasteiger charge is 2.35. The third-order valence-corrected chi connectivity index (χ3v) is 8.05. The minimum atomic E-state index is -0.536. The number of carbonyl (C=O) groups excluding carboxylic acids is 2. The molecule has 2 atom stereocenters. The third kappa shape index (κ3) is 6.44. The van der Waals surface area contributed by atoms with E-state index in [0.717, 1.165) is 64.3 Å². The van der Waals surface area contributed by atoms with Crippen LogP contribution in [0.2, 0.25) is 0 Å². The van der Waals surface area contributed by atoms with Crippen LogP contribution in [0.5, 0.6) is 0 Å². The zero-order valence-electron chi connectivity index (χ0n) is 26.4. The van der Waals surface area contributed by atoms with E-state index in [9.17, 15) is 9.59 Å². The Labute approximate surface area is 258 Å². The monoisotopic (exact) mass is 598 g/mol. The summed E-state index contributed by atoms with van der Waals surface area (Å²) in [4.78, 5) is 45.3. The first kappa shape index (κ1) is 29.7. The third-order valence-electron chi connectivity index (χ3n) is 8.05. The summed E-state index contributed by atoms with van der Waals surface area (Å²) in [7, 11) is 0. The van der Waals surface area contributed by atoms with Crippen molar-refractivity contribution in [2.75, 3.05) is 19.6 Å². The normalized spacial score (nSPS) is 19.1. The number of nitrogens with one attached hydrogen (secondary N) is 2. The van der Waals surface area contributed by atoms with Crippen LogP contribution >= 0.6 is 0 Å². The lowest BCUT2D eigenvalue weighted by atomic mass is 10.0. The molecule has 2 saturated heterocycles. The van der Waals surface area contributed by atoms with Gasteiger partial charge in [-0.25, -0.2) is 19.6 Å². The minimum Gasteiger partial charge on any atom is -0.444 e. The van der Waals surface area contributed by atoms with Crippen LogP contribution in [0.1, 0.15) is 84.4 Å². The number of likely N-dealkylation sites (tertiary alicyclic amines) is 2. The minimum absolute atomic E-state index is 0.117. The lowest BCUT2D eigenvalue weighted by molar-refractivity contribution is 0.0217. The van der Waals surface area contributed by atoms with Crippen molar-refractivity contribution in [2.24, 2.45) is 0 Å². The topological polar surface area (TPSA) is 116 Å². The van der Waals surface area contributed by atoms with Crippen molar-refractivity contribution in [1.82, 2.24) is 29.7 Å². The Morgan fingerprint density at radius 1 is 0.818 bits per heavy atom. The average molecular weight is 599 g/mol. The molecule has 2 amide bonds. The van der Waals surface area contributed by atoms with E-state index in [2.05, 4.69) is 51.4 Å². The van der Waals surface area contributed by atoms with Crippen LogP contribution in [0.15, 0.2) is 48.7 Å². The zero-order valence-corrected chi connectivity index (χ0v) is 26.4. The number of benzene rings is 2. The maximum absolute atomic E-state index is 12.8. The van der Waals surface area contributed by atoms with Gasteiger partial charge in [0.15, 0.2) is 0 Å². The molecule has 2 aliphatic rings. The Morgan fingerprint density at radius 3 is 2.23 bits per heavy atom. The number of carbonyl (C=O) groups is 2. The lowest BCUT2D eigenvalue weighted by Gasteiger charge is -2.27. The van der Waals surface area contributed by atoms with Crippen molar-refractivity contribution in [2.45, 2.75) is 84.0 Å². The van der Waals surface area contributed by atoms with Crippen LogP contribution in [-0.2, 0) is 9.47 Å². The molecule has 44 heavy (non-hydrogen) atoms. The average Bonchev–Trinajstić information content (AvgIpc) is 3.76. The predicted octanol–water partition coefficient (Wildman–Crippen LogP) is 7.42. The summed E-state index contributed by atoms with van der Waals surface area (Å²) in [5, 5.41) is 0. The van der Waals surface area contributed by atoms with Gasteiger partial charge in [-0.1, -0.05) is 30.3 Å². The molecule has 10 heteroatoms. The SMILES string of the molecule is CC(C)(C)OC(=O)N1CCC(c2nc3ccc(-c4ccc(-c5cnc([C@@H]6CCCN6C(=O)OC(C)(C)C)[nH]5)cc4)cc3[nH]2)C1. The van der Waals surface area contributed by atoms with E-state index in [0.29, 0.717) is 19.6 Å². The molecule has 0 saturated carbocycles. The van der Waals surface area contributed by atoms with E-state index in [-0.39, 0.29) is 24.1 Å². The number of nitrogens with zero attached hydrogens (tertiary/aromatic N) is 4.